The maximum atomic E-state index is 6.01. The first-order chi connectivity index (χ1) is 7.58. The van der Waals surface area contributed by atoms with E-state index in [9.17, 15) is 0 Å². The highest BCUT2D eigenvalue weighted by molar-refractivity contribution is 6.29. The predicted octanol–water partition coefficient (Wildman–Crippen LogP) is 3.32. The van der Waals surface area contributed by atoms with Gasteiger partial charge in [0.2, 0.25) is 0 Å². The van der Waals surface area contributed by atoms with E-state index < -0.39 is 0 Å². The van der Waals surface area contributed by atoms with Crippen LogP contribution in [0.25, 0.3) is 0 Å². The van der Waals surface area contributed by atoms with Gasteiger partial charge in [-0.2, -0.15) is 0 Å². The summed E-state index contributed by atoms with van der Waals surface area (Å²) in [5.74, 6) is 1.77. The second kappa shape index (κ2) is 6.04. The molecule has 0 radical (unpaired) electrons. The number of nitrogens with zero attached hydrogens (tertiary/aromatic N) is 3. The van der Waals surface area contributed by atoms with Crippen LogP contribution in [0.2, 0.25) is 5.15 Å². The molecule has 0 aromatic carbocycles. The Kier molecular flexibility index (Phi) is 5.00. The van der Waals surface area contributed by atoms with Crippen LogP contribution in [0.15, 0.2) is 6.07 Å². The fourth-order valence-electron chi connectivity index (χ4n) is 1.73. The molecule has 0 fully saturated rings. The van der Waals surface area contributed by atoms with Crippen LogP contribution in [0.1, 0.15) is 39.9 Å². The molecule has 0 N–H and O–H groups in total. The minimum atomic E-state index is 0.422. The molecule has 0 unspecified atom stereocenters. The van der Waals surface area contributed by atoms with Gasteiger partial charge in [0.15, 0.2) is 0 Å². The summed E-state index contributed by atoms with van der Waals surface area (Å²) in [4.78, 5) is 11.0. The average Bonchev–Trinajstić information content (AvgIpc) is 2.17. The summed E-state index contributed by atoms with van der Waals surface area (Å²) in [5.41, 5.74) is 0. The van der Waals surface area contributed by atoms with Gasteiger partial charge in [-0.1, -0.05) is 18.5 Å². The highest BCUT2D eigenvalue weighted by atomic mass is 35.5. The van der Waals surface area contributed by atoms with E-state index in [2.05, 4.69) is 42.6 Å². The van der Waals surface area contributed by atoms with Crippen LogP contribution in [0.5, 0.6) is 0 Å². The number of hydrogen-bond acceptors (Lipinski definition) is 3. The first kappa shape index (κ1) is 13.2. The lowest BCUT2D eigenvalue weighted by Crippen LogP contribution is -2.31. The third-order valence-corrected chi connectivity index (χ3v) is 2.65. The van der Waals surface area contributed by atoms with Crippen LogP contribution >= 0.6 is 11.6 Å². The fraction of sp³-hybridized carbons (Fsp3) is 0.667. The Balaban J connectivity index is 3.02. The van der Waals surface area contributed by atoms with E-state index in [0.29, 0.717) is 11.2 Å². The van der Waals surface area contributed by atoms with Crippen molar-refractivity contribution in [1.82, 2.24) is 9.97 Å². The molecule has 0 atom stereocenters. The van der Waals surface area contributed by atoms with Gasteiger partial charge in [0.1, 0.15) is 16.8 Å². The molecule has 16 heavy (non-hydrogen) atoms. The van der Waals surface area contributed by atoms with Crippen molar-refractivity contribution in [2.24, 2.45) is 0 Å². The van der Waals surface area contributed by atoms with Gasteiger partial charge in [0, 0.05) is 25.1 Å². The van der Waals surface area contributed by atoms with E-state index in [1.165, 1.54) is 0 Å². The lowest BCUT2D eigenvalue weighted by atomic mass is 10.3. The van der Waals surface area contributed by atoms with Crippen molar-refractivity contribution in [3.8, 4) is 0 Å². The highest BCUT2D eigenvalue weighted by Crippen LogP contribution is 2.18. The lowest BCUT2D eigenvalue weighted by Gasteiger charge is -2.26. The summed E-state index contributed by atoms with van der Waals surface area (Å²) in [6.07, 6.45) is 1.91. The van der Waals surface area contributed by atoms with Gasteiger partial charge in [0.25, 0.3) is 0 Å². The molecule has 0 saturated carbocycles. The maximum Gasteiger partial charge on any atom is 0.134 e. The Morgan fingerprint density at radius 2 is 2.00 bits per heavy atom. The summed E-state index contributed by atoms with van der Waals surface area (Å²) in [5, 5.41) is 0.535. The Morgan fingerprint density at radius 3 is 2.50 bits per heavy atom. The molecule has 4 heteroatoms. The Hall–Kier alpha value is -0.830. The molecule has 0 bridgehead atoms. The molecular formula is C12H20ClN3. The number of aromatic nitrogens is 2. The molecule has 1 rings (SSSR count). The van der Waals surface area contributed by atoms with E-state index in [4.69, 9.17) is 11.6 Å². The smallest absolute Gasteiger partial charge is 0.134 e. The third kappa shape index (κ3) is 3.34. The summed E-state index contributed by atoms with van der Waals surface area (Å²) in [6, 6.07) is 2.26. The molecule has 3 nitrogen and oxygen atoms in total. The number of halogens is 1. The summed E-state index contributed by atoms with van der Waals surface area (Å²) in [6.45, 7) is 9.47. The van der Waals surface area contributed by atoms with Crippen LogP contribution in [0.3, 0.4) is 0 Å². The highest BCUT2D eigenvalue weighted by Gasteiger charge is 2.12. The molecule has 0 saturated heterocycles. The van der Waals surface area contributed by atoms with Gasteiger partial charge >= 0.3 is 0 Å². The van der Waals surface area contributed by atoms with Crippen molar-refractivity contribution < 1.29 is 0 Å². The molecule has 0 spiro atoms. The SMILES string of the molecule is CCCc1nc(Cl)cc(N(CC)C(C)C)n1. The Bertz CT molecular complexity index is 339. The number of aryl methyl sites for hydroxylation is 1. The lowest BCUT2D eigenvalue weighted by molar-refractivity contribution is 0.686. The molecular weight excluding hydrogens is 222 g/mol. The van der Waals surface area contributed by atoms with Crippen LogP contribution in [0.4, 0.5) is 5.82 Å². The standard InChI is InChI=1S/C12H20ClN3/c1-5-7-11-14-10(13)8-12(15-11)16(6-2)9(3)4/h8-9H,5-7H2,1-4H3. The minimum absolute atomic E-state index is 0.422. The quantitative estimate of drug-likeness (QED) is 0.741. The zero-order chi connectivity index (χ0) is 12.1. The molecule has 0 aliphatic heterocycles. The van der Waals surface area contributed by atoms with Gasteiger partial charge in [0.05, 0.1) is 0 Å². The maximum absolute atomic E-state index is 6.01. The van der Waals surface area contributed by atoms with Crippen molar-refractivity contribution in [3.05, 3.63) is 17.0 Å². The number of anilines is 1. The van der Waals surface area contributed by atoms with Gasteiger partial charge in [-0.05, 0) is 27.2 Å². The molecule has 1 aromatic heterocycles. The molecule has 90 valence electrons. The zero-order valence-corrected chi connectivity index (χ0v) is 11.3. The first-order valence-corrected chi connectivity index (χ1v) is 6.26. The van der Waals surface area contributed by atoms with Gasteiger partial charge < -0.3 is 4.90 Å². The number of hydrogen-bond donors (Lipinski definition) is 0. The van der Waals surface area contributed by atoms with Gasteiger partial charge in [-0.3, -0.25) is 0 Å². The molecule has 0 aliphatic carbocycles. The van der Waals surface area contributed by atoms with E-state index in [1.54, 1.807) is 0 Å². The second-order valence-electron chi connectivity index (χ2n) is 4.09. The molecule has 0 amide bonds. The average molecular weight is 242 g/mol. The van der Waals surface area contributed by atoms with Crippen molar-refractivity contribution >= 4 is 17.4 Å². The van der Waals surface area contributed by atoms with Crippen LogP contribution < -0.4 is 4.90 Å². The summed E-state index contributed by atoms with van der Waals surface area (Å²) in [7, 11) is 0. The molecule has 0 aliphatic rings. The number of rotatable bonds is 5. The predicted molar refractivity (Wildman–Crippen MR) is 69.2 cm³/mol. The normalized spacial score (nSPS) is 10.9. The first-order valence-electron chi connectivity index (χ1n) is 5.88. The van der Waals surface area contributed by atoms with Crippen molar-refractivity contribution in [2.45, 2.75) is 46.6 Å². The topological polar surface area (TPSA) is 29.0 Å². The second-order valence-corrected chi connectivity index (χ2v) is 4.48. The van der Waals surface area contributed by atoms with E-state index in [-0.39, 0.29) is 0 Å². The van der Waals surface area contributed by atoms with Crippen molar-refractivity contribution in [2.75, 3.05) is 11.4 Å². The molecule has 1 heterocycles. The van der Waals surface area contributed by atoms with E-state index >= 15 is 0 Å². The van der Waals surface area contributed by atoms with Gasteiger partial charge in [-0.25, -0.2) is 9.97 Å². The Labute approximate surface area is 103 Å². The summed E-state index contributed by atoms with van der Waals surface area (Å²) >= 11 is 6.01. The zero-order valence-electron chi connectivity index (χ0n) is 10.5. The monoisotopic (exact) mass is 241 g/mol. The van der Waals surface area contributed by atoms with Crippen LogP contribution in [0, 0.1) is 0 Å². The van der Waals surface area contributed by atoms with E-state index in [0.717, 1.165) is 31.0 Å². The van der Waals surface area contributed by atoms with Crippen LogP contribution in [-0.4, -0.2) is 22.6 Å². The fourth-order valence-corrected chi connectivity index (χ4v) is 1.92. The van der Waals surface area contributed by atoms with Gasteiger partial charge in [-0.15, -0.1) is 0 Å². The van der Waals surface area contributed by atoms with Crippen molar-refractivity contribution in [1.29, 1.82) is 0 Å². The van der Waals surface area contributed by atoms with Crippen molar-refractivity contribution in [3.63, 3.8) is 0 Å². The van der Waals surface area contributed by atoms with E-state index in [1.807, 2.05) is 6.07 Å². The largest absolute Gasteiger partial charge is 0.354 e. The molecule has 1 aromatic rings. The third-order valence-electron chi connectivity index (χ3n) is 2.46. The summed E-state index contributed by atoms with van der Waals surface area (Å²) < 4.78 is 0. The Morgan fingerprint density at radius 1 is 1.31 bits per heavy atom. The minimum Gasteiger partial charge on any atom is -0.354 e. The van der Waals surface area contributed by atoms with Crippen LogP contribution in [-0.2, 0) is 6.42 Å².